The number of hydrogen-bond donors (Lipinski definition) is 3. The van der Waals surface area contributed by atoms with Crippen molar-refractivity contribution in [1.82, 2.24) is 5.32 Å². The SMILES string of the molecule is C=C(CC(O)C(N)CC1CCCCC1)C(=O)NCC(C)C. The summed E-state index contributed by atoms with van der Waals surface area (Å²) in [5.74, 6) is 0.860. The van der Waals surface area contributed by atoms with E-state index in [2.05, 4.69) is 11.9 Å². The largest absolute Gasteiger partial charge is 0.391 e. The topological polar surface area (TPSA) is 75.3 Å². The highest BCUT2D eigenvalue weighted by molar-refractivity contribution is 5.92. The Bertz CT molecular complexity index is 336. The lowest BCUT2D eigenvalue weighted by atomic mass is 9.83. The molecule has 4 N–H and O–H groups in total. The van der Waals surface area contributed by atoms with Crippen molar-refractivity contribution in [1.29, 1.82) is 0 Å². The Labute approximate surface area is 129 Å². The van der Waals surface area contributed by atoms with E-state index in [1.807, 2.05) is 13.8 Å². The van der Waals surface area contributed by atoms with Crippen LogP contribution in [0.1, 0.15) is 58.8 Å². The minimum atomic E-state index is -0.677. The van der Waals surface area contributed by atoms with Crippen LogP contribution in [0.3, 0.4) is 0 Å². The highest BCUT2D eigenvalue weighted by Crippen LogP contribution is 2.28. The third kappa shape index (κ3) is 7.09. The Morgan fingerprint density at radius 2 is 1.95 bits per heavy atom. The number of amides is 1. The zero-order valence-corrected chi connectivity index (χ0v) is 13.6. The van der Waals surface area contributed by atoms with Gasteiger partial charge in [0.15, 0.2) is 0 Å². The molecule has 21 heavy (non-hydrogen) atoms. The predicted octanol–water partition coefficient (Wildman–Crippen LogP) is 2.36. The lowest BCUT2D eigenvalue weighted by Crippen LogP contribution is -2.38. The second-order valence-electron chi connectivity index (χ2n) is 6.88. The molecule has 1 amide bonds. The molecule has 0 heterocycles. The minimum Gasteiger partial charge on any atom is -0.391 e. The van der Waals surface area contributed by atoms with E-state index in [-0.39, 0.29) is 18.4 Å². The van der Waals surface area contributed by atoms with Crippen LogP contribution < -0.4 is 11.1 Å². The van der Waals surface area contributed by atoms with Crippen molar-refractivity contribution in [3.63, 3.8) is 0 Å². The molecule has 0 aromatic heterocycles. The monoisotopic (exact) mass is 296 g/mol. The molecule has 0 aromatic carbocycles. The molecule has 1 aliphatic rings. The Morgan fingerprint density at radius 3 is 2.52 bits per heavy atom. The van der Waals surface area contributed by atoms with Crippen molar-refractivity contribution < 1.29 is 9.90 Å². The van der Waals surface area contributed by atoms with Crippen LogP contribution in [-0.4, -0.2) is 29.7 Å². The van der Waals surface area contributed by atoms with Gasteiger partial charge in [0.1, 0.15) is 0 Å². The standard InChI is InChI=1S/C17H32N2O2/c1-12(2)11-19-17(21)13(3)9-16(20)15(18)10-14-7-5-4-6-8-14/h12,14-16,20H,3-11,18H2,1-2H3,(H,19,21). The fourth-order valence-electron chi connectivity index (χ4n) is 2.88. The van der Waals surface area contributed by atoms with Crippen LogP contribution in [-0.2, 0) is 4.79 Å². The molecule has 2 unspecified atom stereocenters. The predicted molar refractivity (Wildman–Crippen MR) is 86.8 cm³/mol. The van der Waals surface area contributed by atoms with Gasteiger partial charge in [0.05, 0.1) is 6.10 Å². The number of aliphatic hydroxyl groups excluding tert-OH is 1. The highest BCUT2D eigenvalue weighted by atomic mass is 16.3. The van der Waals surface area contributed by atoms with Gasteiger partial charge in [0.2, 0.25) is 5.91 Å². The van der Waals surface area contributed by atoms with E-state index >= 15 is 0 Å². The first-order valence-electron chi connectivity index (χ1n) is 8.29. The second-order valence-corrected chi connectivity index (χ2v) is 6.88. The zero-order valence-electron chi connectivity index (χ0n) is 13.6. The van der Waals surface area contributed by atoms with Gasteiger partial charge in [-0.1, -0.05) is 52.5 Å². The van der Waals surface area contributed by atoms with Crippen LogP contribution in [0.5, 0.6) is 0 Å². The van der Waals surface area contributed by atoms with Gasteiger partial charge >= 0.3 is 0 Å². The first-order valence-corrected chi connectivity index (χ1v) is 8.29. The summed E-state index contributed by atoms with van der Waals surface area (Å²) in [6.07, 6.45) is 6.74. The molecule has 4 heteroatoms. The van der Waals surface area contributed by atoms with E-state index in [0.29, 0.717) is 24.0 Å². The molecule has 1 aliphatic carbocycles. The maximum Gasteiger partial charge on any atom is 0.246 e. The van der Waals surface area contributed by atoms with Crippen LogP contribution in [0.15, 0.2) is 12.2 Å². The average Bonchev–Trinajstić information content (AvgIpc) is 2.45. The van der Waals surface area contributed by atoms with Crippen LogP contribution in [0.25, 0.3) is 0 Å². The van der Waals surface area contributed by atoms with Crippen molar-refractivity contribution in [2.24, 2.45) is 17.6 Å². The summed E-state index contributed by atoms with van der Waals surface area (Å²) in [7, 11) is 0. The van der Waals surface area contributed by atoms with Crippen molar-refractivity contribution in [2.75, 3.05) is 6.54 Å². The van der Waals surface area contributed by atoms with E-state index in [4.69, 9.17) is 5.73 Å². The van der Waals surface area contributed by atoms with Gasteiger partial charge < -0.3 is 16.2 Å². The van der Waals surface area contributed by atoms with Crippen LogP contribution in [0.4, 0.5) is 0 Å². The normalized spacial score (nSPS) is 19.3. The highest BCUT2D eigenvalue weighted by Gasteiger charge is 2.23. The summed E-state index contributed by atoms with van der Waals surface area (Å²) in [6, 6.07) is -0.261. The van der Waals surface area contributed by atoms with Gasteiger partial charge in [-0.15, -0.1) is 0 Å². The molecule has 0 bridgehead atoms. The van der Waals surface area contributed by atoms with Gasteiger partial charge in [-0.3, -0.25) is 4.79 Å². The smallest absolute Gasteiger partial charge is 0.246 e. The number of hydrogen-bond acceptors (Lipinski definition) is 3. The van der Waals surface area contributed by atoms with E-state index in [1.165, 1.54) is 32.1 Å². The average molecular weight is 296 g/mol. The molecule has 0 aromatic rings. The molecule has 1 rings (SSSR count). The molecular weight excluding hydrogens is 264 g/mol. The number of aliphatic hydroxyl groups is 1. The maximum atomic E-state index is 11.8. The molecular formula is C17H32N2O2. The number of nitrogens with two attached hydrogens (primary N) is 1. The van der Waals surface area contributed by atoms with E-state index in [9.17, 15) is 9.90 Å². The third-order valence-corrected chi connectivity index (χ3v) is 4.27. The van der Waals surface area contributed by atoms with Crippen molar-refractivity contribution in [3.05, 3.63) is 12.2 Å². The van der Waals surface area contributed by atoms with Crippen LogP contribution in [0, 0.1) is 11.8 Å². The first kappa shape index (κ1) is 18.2. The van der Waals surface area contributed by atoms with Gasteiger partial charge in [-0.2, -0.15) is 0 Å². The fraction of sp³-hybridized carbons (Fsp3) is 0.824. The molecule has 0 spiro atoms. The van der Waals surface area contributed by atoms with Crippen molar-refractivity contribution in [2.45, 2.75) is 70.9 Å². The molecule has 0 radical (unpaired) electrons. The van der Waals surface area contributed by atoms with Gasteiger partial charge in [-0.05, 0) is 18.3 Å². The van der Waals surface area contributed by atoms with E-state index in [0.717, 1.165) is 6.42 Å². The van der Waals surface area contributed by atoms with Crippen LogP contribution >= 0.6 is 0 Å². The summed E-state index contributed by atoms with van der Waals surface area (Å²) in [5, 5.41) is 13.0. The van der Waals surface area contributed by atoms with Crippen LogP contribution in [0.2, 0.25) is 0 Å². The lowest BCUT2D eigenvalue weighted by molar-refractivity contribution is -0.118. The quantitative estimate of drug-likeness (QED) is 0.602. The first-order chi connectivity index (χ1) is 9.90. The number of carbonyl (C=O) groups is 1. The second kappa shape index (κ2) is 9.21. The molecule has 4 nitrogen and oxygen atoms in total. The molecule has 122 valence electrons. The van der Waals surface area contributed by atoms with Gasteiger partial charge in [0.25, 0.3) is 0 Å². The Kier molecular flexibility index (Phi) is 7.97. The Hall–Kier alpha value is -0.870. The molecule has 1 saturated carbocycles. The van der Waals surface area contributed by atoms with E-state index in [1.54, 1.807) is 0 Å². The number of nitrogens with one attached hydrogen (secondary N) is 1. The summed E-state index contributed by atoms with van der Waals surface area (Å²) in [4.78, 5) is 11.8. The summed E-state index contributed by atoms with van der Waals surface area (Å²) in [6.45, 7) is 8.48. The minimum absolute atomic E-state index is 0.174. The summed E-state index contributed by atoms with van der Waals surface area (Å²) < 4.78 is 0. The Balaban J connectivity index is 2.31. The maximum absolute atomic E-state index is 11.8. The number of rotatable bonds is 8. The van der Waals surface area contributed by atoms with Gasteiger partial charge in [0, 0.05) is 24.6 Å². The molecule has 2 atom stereocenters. The van der Waals surface area contributed by atoms with Crippen molar-refractivity contribution >= 4 is 5.91 Å². The fourth-order valence-corrected chi connectivity index (χ4v) is 2.88. The Morgan fingerprint density at radius 1 is 1.33 bits per heavy atom. The molecule has 0 aliphatic heterocycles. The lowest BCUT2D eigenvalue weighted by Gasteiger charge is -2.27. The van der Waals surface area contributed by atoms with Gasteiger partial charge in [-0.25, -0.2) is 0 Å². The zero-order chi connectivity index (χ0) is 15.8. The van der Waals surface area contributed by atoms with Crippen molar-refractivity contribution in [3.8, 4) is 0 Å². The summed E-state index contributed by atoms with van der Waals surface area (Å²) in [5.41, 5.74) is 6.51. The molecule has 1 fully saturated rings. The van der Waals surface area contributed by atoms with E-state index < -0.39 is 6.10 Å². The molecule has 0 saturated heterocycles. The number of carbonyl (C=O) groups excluding carboxylic acids is 1. The third-order valence-electron chi connectivity index (χ3n) is 4.27. The summed E-state index contributed by atoms with van der Waals surface area (Å²) >= 11 is 0.